The molecule has 0 fully saturated rings. The van der Waals surface area contributed by atoms with Gasteiger partial charge in [-0.25, -0.2) is 0 Å². The molecule has 0 spiro atoms. The molecule has 0 N–H and O–H groups in total. The van der Waals surface area contributed by atoms with Gasteiger partial charge in [-0.3, -0.25) is 4.79 Å². The molecule has 0 bridgehead atoms. The predicted molar refractivity (Wildman–Crippen MR) is 75.7 cm³/mol. The van der Waals surface area contributed by atoms with Gasteiger partial charge in [-0.1, -0.05) is 58.0 Å². The Balaban J connectivity index is 3.07. The first-order chi connectivity index (χ1) is 8.27. The number of benzene rings is 1. The SMILES string of the molecule is CN(C)C(=O)COc1c(Cl)c(Cl)c(Cl)c(Cl)c1Cl. The van der Waals surface area contributed by atoms with Crippen LogP contribution in [0.4, 0.5) is 0 Å². The molecule has 0 heterocycles. The van der Waals surface area contributed by atoms with Crippen molar-refractivity contribution >= 4 is 63.9 Å². The summed E-state index contributed by atoms with van der Waals surface area (Å²) >= 11 is 29.4. The largest absolute Gasteiger partial charge is 0.481 e. The molecule has 100 valence electrons. The number of hydrogen-bond donors (Lipinski definition) is 0. The van der Waals surface area contributed by atoms with E-state index in [1.165, 1.54) is 4.90 Å². The van der Waals surface area contributed by atoms with Crippen LogP contribution in [-0.4, -0.2) is 31.5 Å². The average Bonchev–Trinajstić information content (AvgIpc) is 2.33. The molecule has 0 aliphatic carbocycles. The summed E-state index contributed by atoms with van der Waals surface area (Å²) in [6, 6.07) is 0. The minimum atomic E-state index is -0.260. The number of amides is 1. The summed E-state index contributed by atoms with van der Waals surface area (Å²) in [6.07, 6.45) is 0. The number of ether oxygens (including phenoxy) is 1. The fourth-order valence-corrected chi connectivity index (χ4v) is 2.20. The summed E-state index contributed by atoms with van der Waals surface area (Å²) in [5.74, 6) is -0.225. The molecule has 0 aliphatic heterocycles. The standard InChI is InChI=1S/C10H8Cl5NO2/c1-16(2)4(17)3-18-10-8(14)6(12)5(11)7(13)9(10)15/h3H2,1-2H3. The number of nitrogens with zero attached hydrogens (tertiary/aromatic N) is 1. The molecule has 0 atom stereocenters. The van der Waals surface area contributed by atoms with Crippen LogP contribution in [0.3, 0.4) is 0 Å². The van der Waals surface area contributed by atoms with Crippen molar-refractivity contribution in [2.75, 3.05) is 20.7 Å². The van der Waals surface area contributed by atoms with E-state index in [2.05, 4.69) is 0 Å². The maximum atomic E-state index is 11.4. The summed E-state index contributed by atoms with van der Waals surface area (Å²) in [4.78, 5) is 12.8. The molecule has 8 heteroatoms. The molecular formula is C10H8Cl5NO2. The summed E-state index contributed by atoms with van der Waals surface area (Å²) < 4.78 is 5.22. The van der Waals surface area contributed by atoms with E-state index >= 15 is 0 Å². The number of carbonyl (C=O) groups excluding carboxylic acids is 1. The zero-order valence-corrected chi connectivity index (χ0v) is 13.1. The Hall–Kier alpha value is -0.0600. The van der Waals surface area contributed by atoms with Gasteiger partial charge in [-0.2, -0.15) is 0 Å². The highest BCUT2D eigenvalue weighted by molar-refractivity contribution is 6.55. The van der Waals surface area contributed by atoms with Crippen LogP contribution in [0.2, 0.25) is 25.1 Å². The van der Waals surface area contributed by atoms with Crippen LogP contribution in [0, 0.1) is 0 Å². The maximum Gasteiger partial charge on any atom is 0.259 e. The molecule has 0 saturated heterocycles. The fraction of sp³-hybridized carbons (Fsp3) is 0.300. The van der Waals surface area contributed by atoms with Crippen LogP contribution in [0.5, 0.6) is 5.75 Å². The molecular weight excluding hydrogens is 343 g/mol. The smallest absolute Gasteiger partial charge is 0.259 e. The highest BCUT2D eigenvalue weighted by Crippen LogP contribution is 2.48. The van der Waals surface area contributed by atoms with Crippen LogP contribution in [0.1, 0.15) is 0 Å². The second-order valence-electron chi connectivity index (χ2n) is 3.48. The van der Waals surface area contributed by atoms with E-state index in [9.17, 15) is 4.79 Å². The molecule has 3 nitrogen and oxygen atoms in total. The second kappa shape index (κ2) is 6.40. The van der Waals surface area contributed by atoms with Crippen LogP contribution in [-0.2, 0) is 4.79 Å². The lowest BCUT2D eigenvalue weighted by Crippen LogP contribution is -2.27. The number of rotatable bonds is 3. The molecule has 0 radical (unpaired) electrons. The Labute approximate surface area is 129 Å². The van der Waals surface area contributed by atoms with Gasteiger partial charge in [0.1, 0.15) is 10.0 Å². The van der Waals surface area contributed by atoms with Crippen molar-refractivity contribution in [3.8, 4) is 5.75 Å². The van der Waals surface area contributed by atoms with E-state index in [0.717, 1.165) is 0 Å². The zero-order chi connectivity index (χ0) is 14.0. The van der Waals surface area contributed by atoms with Crippen LogP contribution >= 0.6 is 58.0 Å². The molecule has 18 heavy (non-hydrogen) atoms. The minimum Gasteiger partial charge on any atom is -0.481 e. The highest BCUT2D eigenvalue weighted by atomic mass is 35.5. The third-order valence-corrected chi connectivity index (χ3v) is 4.25. The predicted octanol–water partition coefficient (Wildman–Crippen LogP) is 4.42. The Morgan fingerprint density at radius 1 is 0.944 bits per heavy atom. The van der Waals surface area contributed by atoms with E-state index in [1.54, 1.807) is 14.1 Å². The molecule has 1 amide bonds. The number of hydrogen-bond acceptors (Lipinski definition) is 2. The summed E-state index contributed by atoms with van der Waals surface area (Å²) in [7, 11) is 3.19. The maximum absolute atomic E-state index is 11.4. The first-order valence-electron chi connectivity index (χ1n) is 4.61. The van der Waals surface area contributed by atoms with E-state index in [-0.39, 0.29) is 43.4 Å². The normalized spacial score (nSPS) is 10.4. The lowest BCUT2D eigenvalue weighted by Gasteiger charge is -2.15. The molecule has 0 unspecified atom stereocenters. The number of halogens is 5. The third kappa shape index (κ3) is 3.28. The third-order valence-electron chi connectivity index (χ3n) is 2.01. The molecule has 0 aliphatic rings. The monoisotopic (exact) mass is 349 g/mol. The molecule has 1 aromatic carbocycles. The van der Waals surface area contributed by atoms with Gasteiger partial charge in [-0.15, -0.1) is 0 Å². The van der Waals surface area contributed by atoms with Gasteiger partial charge in [0.05, 0.1) is 15.1 Å². The highest BCUT2D eigenvalue weighted by Gasteiger charge is 2.21. The van der Waals surface area contributed by atoms with Crippen molar-refractivity contribution in [1.82, 2.24) is 4.90 Å². The van der Waals surface area contributed by atoms with Gasteiger partial charge in [-0.05, 0) is 0 Å². The van der Waals surface area contributed by atoms with Crippen molar-refractivity contribution in [2.24, 2.45) is 0 Å². The Morgan fingerprint density at radius 3 is 1.72 bits per heavy atom. The van der Waals surface area contributed by atoms with Crippen LogP contribution < -0.4 is 4.74 Å². The van der Waals surface area contributed by atoms with Gasteiger partial charge < -0.3 is 9.64 Å². The van der Waals surface area contributed by atoms with Gasteiger partial charge in [0, 0.05) is 14.1 Å². The second-order valence-corrected chi connectivity index (χ2v) is 5.37. The number of likely N-dealkylation sites (N-methyl/N-ethyl adjacent to an activating group) is 1. The van der Waals surface area contributed by atoms with Crippen LogP contribution in [0.25, 0.3) is 0 Å². The van der Waals surface area contributed by atoms with E-state index < -0.39 is 0 Å². The van der Waals surface area contributed by atoms with E-state index in [4.69, 9.17) is 62.7 Å². The van der Waals surface area contributed by atoms with Gasteiger partial charge >= 0.3 is 0 Å². The molecule has 0 aromatic heterocycles. The molecule has 1 rings (SSSR count). The minimum absolute atomic E-state index is 0.0163. The van der Waals surface area contributed by atoms with Crippen molar-refractivity contribution in [3.63, 3.8) is 0 Å². The van der Waals surface area contributed by atoms with E-state index in [0.29, 0.717) is 0 Å². The fourth-order valence-electron chi connectivity index (χ4n) is 0.974. The number of carbonyl (C=O) groups is 1. The molecule has 0 saturated carbocycles. The Kier molecular flexibility index (Phi) is 5.68. The van der Waals surface area contributed by atoms with Crippen molar-refractivity contribution < 1.29 is 9.53 Å². The first-order valence-corrected chi connectivity index (χ1v) is 6.50. The lowest BCUT2D eigenvalue weighted by molar-refractivity contribution is -0.130. The summed E-state index contributed by atoms with van der Waals surface area (Å²) in [5, 5.41) is 0.130. The van der Waals surface area contributed by atoms with Gasteiger partial charge in [0.25, 0.3) is 5.91 Å². The Morgan fingerprint density at radius 2 is 1.33 bits per heavy atom. The Bertz CT molecular complexity index is 461. The summed E-state index contributed by atoms with van der Waals surface area (Å²) in [5.41, 5.74) is 0. The summed E-state index contributed by atoms with van der Waals surface area (Å²) in [6.45, 7) is -0.235. The van der Waals surface area contributed by atoms with Crippen molar-refractivity contribution in [2.45, 2.75) is 0 Å². The van der Waals surface area contributed by atoms with Crippen molar-refractivity contribution in [1.29, 1.82) is 0 Å². The first kappa shape index (κ1) is 16.0. The van der Waals surface area contributed by atoms with Gasteiger partial charge in [0.2, 0.25) is 0 Å². The zero-order valence-electron chi connectivity index (χ0n) is 9.36. The quantitative estimate of drug-likeness (QED) is 0.596. The average molecular weight is 351 g/mol. The lowest BCUT2D eigenvalue weighted by atomic mass is 10.3. The molecule has 1 aromatic rings. The van der Waals surface area contributed by atoms with Gasteiger partial charge in [0.15, 0.2) is 12.4 Å². The van der Waals surface area contributed by atoms with E-state index in [1.807, 2.05) is 0 Å². The van der Waals surface area contributed by atoms with Crippen LogP contribution in [0.15, 0.2) is 0 Å². The van der Waals surface area contributed by atoms with Crippen molar-refractivity contribution in [3.05, 3.63) is 25.1 Å². The topological polar surface area (TPSA) is 29.5 Å².